The summed E-state index contributed by atoms with van der Waals surface area (Å²) in [7, 11) is 0. The maximum Gasteiger partial charge on any atom is 0.240 e. The number of nitriles is 1. The second-order valence-corrected chi connectivity index (χ2v) is 7.19. The molecule has 0 unspecified atom stereocenters. The summed E-state index contributed by atoms with van der Waals surface area (Å²) < 4.78 is 5.51. The molecule has 0 saturated carbocycles. The molecule has 0 aliphatic carbocycles. The van der Waals surface area contributed by atoms with Crippen LogP contribution in [0.15, 0.2) is 28.7 Å². The van der Waals surface area contributed by atoms with Gasteiger partial charge in [-0.1, -0.05) is 29.8 Å². The van der Waals surface area contributed by atoms with E-state index in [4.69, 9.17) is 4.42 Å². The molecule has 1 amide bonds. The number of hydrogen-bond acceptors (Lipinski definition) is 5. The second-order valence-electron chi connectivity index (χ2n) is 7.19. The van der Waals surface area contributed by atoms with Gasteiger partial charge in [0.25, 0.3) is 0 Å². The van der Waals surface area contributed by atoms with E-state index in [1.807, 2.05) is 6.92 Å². The standard InChI is InChI=1S/C21H26N4O2/c1-15-5-4-6-18(11-15)13-24-7-9-25(10-8-24)14-20(26)23-21-19(12-22)16(2)17(3)27-21/h4-6,11H,7-10,13-14H2,1-3H3,(H,23,26). The molecule has 2 heterocycles. The van der Waals surface area contributed by atoms with E-state index in [1.54, 1.807) is 6.92 Å². The largest absolute Gasteiger partial charge is 0.444 e. The summed E-state index contributed by atoms with van der Waals surface area (Å²) in [6, 6.07) is 10.7. The molecule has 1 fully saturated rings. The monoisotopic (exact) mass is 366 g/mol. The van der Waals surface area contributed by atoms with E-state index < -0.39 is 0 Å². The quantitative estimate of drug-likeness (QED) is 0.881. The van der Waals surface area contributed by atoms with Crippen molar-refractivity contribution >= 4 is 11.8 Å². The molecule has 1 aromatic carbocycles. The Morgan fingerprint density at radius 3 is 2.56 bits per heavy atom. The number of aryl methyl sites for hydroxylation is 2. The van der Waals surface area contributed by atoms with Gasteiger partial charge in [-0.3, -0.25) is 19.9 Å². The van der Waals surface area contributed by atoms with E-state index in [-0.39, 0.29) is 11.8 Å². The lowest BCUT2D eigenvalue weighted by Crippen LogP contribution is -2.48. The van der Waals surface area contributed by atoms with E-state index in [0.717, 1.165) is 38.3 Å². The first-order valence-corrected chi connectivity index (χ1v) is 9.26. The Labute approximate surface area is 160 Å². The van der Waals surface area contributed by atoms with Crippen molar-refractivity contribution in [3.63, 3.8) is 0 Å². The number of piperazine rings is 1. The summed E-state index contributed by atoms with van der Waals surface area (Å²) >= 11 is 0. The third-order valence-electron chi connectivity index (χ3n) is 5.07. The molecular weight excluding hydrogens is 340 g/mol. The summed E-state index contributed by atoms with van der Waals surface area (Å²) in [6.07, 6.45) is 0. The van der Waals surface area contributed by atoms with Crippen LogP contribution < -0.4 is 5.32 Å². The van der Waals surface area contributed by atoms with Crippen LogP contribution in [0.5, 0.6) is 0 Å². The molecular formula is C21H26N4O2. The van der Waals surface area contributed by atoms with Gasteiger partial charge >= 0.3 is 0 Å². The average Bonchev–Trinajstić information content (AvgIpc) is 2.89. The highest BCUT2D eigenvalue weighted by molar-refractivity contribution is 5.92. The van der Waals surface area contributed by atoms with Gasteiger partial charge in [0.1, 0.15) is 17.4 Å². The van der Waals surface area contributed by atoms with Crippen molar-refractivity contribution in [3.8, 4) is 6.07 Å². The minimum atomic E-state index is -0.146. The van der Waals surface area contributed by atoms with E-state index in [9.17, 15) is 10.1 Å². The van der Waals surface area contributed by atoms with Gasteiger partial charge in [-0.2, -0.15) is 5.26 Å². The van der Waals surface area contributed by atoms with Crippen molar-refractivity contribution < 1.29 is 9.21 Å². The molecule has 3 rings (SSSR count). The zero-order valence-electron chi connectivity index (χ0n) is 16.2. The molecule has 1 aliphatic rings. The lowest BCUT2D eigenvalue weighted by molar-refractivity contribution is -0.117. The highest BCUT2D eigenvalue weighted by Crippen LogP contribution is 2.25. The molecule has 1 aliphatic heterocycles. The van der Waals surface area contributed by atoms with Gasteiger partial charge in [0, 0.05) is 38.3 Å². The first-order chi connectivity index (χ1) is 13.0. The van der Waals surface area contributed by atoms with Crippen LogP contribution >= 0.6 is 0 Å². The van der Waals surface area contributed by atoms with E-state index in [2.05, 4.69) is 52.4 Å². The number of benzene rings is 1. The van der Waals surface area contributed by atoms with Gasteiger partial charge in [0.05, 0.1) is 6.54 Å². The Bertz CT molecular complexity index is 858. The summed E-state index contributed by atoms with van der Waals surface area (Å²) in [5, 5.41) is 12.0. The third kappa shape index (κ3) is 4.76. The highest BCUT2D eigenvalue weighted by atomic mass is 16.4. The highest BCUT2D eigenvalue weighted by Gasteiger charge is 2.21. The molecule has 0 spiro atoms. The zero-order chi connectivity index (χ0) is 19.4. The molecule has 0 bridgehead atoms. The van der Waals surface area contributed by atoms with Crippen LogP contribution in [0.25, 0.3) is 0 Å². The summed E-state index contributed by atoms with van der Waals surface area (Å²) in [5.74, 6) is 0.773. The lowest BCUT2D eigenvalue weighted by Gasteiger charge is -2.34. The molecule has 6 nitrogen and oxygen atoms in total. The molecule has 2 aromatic rings. The molecule has 0 radical (unpaired) electrons. The summed E-state index contributed by atoms with van der Waals surface area (Å²) in [6.45, 7) is 10.5. The second kappa shape index (κ2) is 8.38. The average molecular weight is 366 g/mol. The molecule has 1 saturated heterocycles. The van der Waals surface area contributed by atoms with Crippen LogP contribution in [0, 0.1) is 32.1 Å². The molecule has 0 atom stereocenters. The number of anilines is 1. The number of carbonyl (C=O) groups is 1. The Balaban J connectivity index is 1.48. The number of furan rings is 1. The predicted molar refractivity (Wildman–Crippen MR) is 104 cm³/mol. The summed E-state index contributed by atoms with van der Waals surface area (Å²) in [4.78, 5) is 16.9. The van der Waals surface area contributed by atoms with Crippen LogP contribution in [0.3, 0.4) is 0 Å². The fraction of sp³-hybridized carbons (Fsp3) is 0.429. The maximum absolute atomic E-state index is 12.3. The van der Waals surface area contributed by atoms with Gasteiger partial charge in [0.2, 0.25) is 11.8 Å². The zero-order valence-corrected chi connectivity index (χ0v) is 16.2. The Morgan fingerprint density at radius 2 is 1.89 bits per heavy atom. The Kier molecular flexibility index (Phi) is 5.94. The molecule has 1 aromatic heterocycles. The fourth-order valence-electron chi connectivity index (χ4n) is 3.39. The third-order valence-corrected chi connectivity index (χ3v) is 5.07. The summed E-state index contributed by atoms with van der Waals surface area (Å²) in [5.41, 5.74) is 3.79. The SMILES string of the molecule is Cc1cccc(CN2CCN(CC(=O)Nc3oc(C)c(C)c3C#N)CC2)c1. The van der Waals surface area contributed by atoms with Crippen molar-refractivity contribution in [2.75, 3.05) is 38.0 Å². The lowest BCUT2D eigenvalue weighted by atomic mass is 10.1. The van der Waals surface area contributed by atoms with E-state index in [1.165, 1.54) is 11.1 Å². The first-order valence-electron chi connectivity index (χ1n) is 9.26. The van der Waals surface area contributed by atoms with Crippen molar-refractivity contribution in [3.05, 3.63) is 52.3 Å². The van der Waals surface area contributed by atoms with Gasteiger partial charge in [0.15, 0.2) is 0 Å². The van der Waals surface area contributed by atoms with Gasteiger partial charge in [-0.25, -0.2) is 0 Å². The van der Waals surface area contributed by atoms with Crippen LogP contribution in [0.1, 0.15) is 28.0 Å². The fourth-order valence-corrected chi connectivity index (χ4v) is 3.39. The van der Waals surface area contributed by atoms with Gasteiger partial charge < -0.3 is 4.42 Å². The number of hydrogen-bond donors (Lipinski definition) is 1. The number of carbonyl (C=O) groups excluding carboxylic acids is 1. The smallest absolute Gasteiger partial charge is 0.240 e. The van der Waals surface area contributed by atoms with Crippen molar-refractivity contribution in [2.45, 2.75) is 27.3 Å². The van der Waals surface area contributed by atoms with Gasteiger partial charge in [-0.05, 0) is 26.3 Å². The Hall–Kier alpha value is -2.62. The molecule has 6 heteroatoms. The van der Waals surface area contributed by atoms with Crippen molar-refractivity contribution in [1.82, 2.24) is 9.80 Å². The van der Waals surface area contributed by atoms with Crippen LogP contribution in [0.2, 0.25) is 0 Å². The normalized spacial score (nSPS) is 15.5. The molecule has 27 heavy (non-hydrogen) atoms. The number of amides is 1. The van der Waals surface area contributed by atoms with E-state index in [0.29, 0.717) is 17.9 Å². The number of nitrogens with zero attached hydrogens (tertiary/aromatic N) is 3. The number of rotatable bonds is 5. The molecule has 142 valence electrons. The van der Waals surface area contributed by atoms with Crippen LogP contribution in [0.4, 0.5) is 5.88 Å². The maximum atomic E-state index is 12.3. The minimum Gasteiger partial charge on any atom is -0.444 e. The van der Waals surface area contributed by atoms with Crippen LogP contribution in [-0.2, 0) is 11.3 Å². The first kappa shape index (κ1) is 19.2. The number of nitrogens with one attached hydrogen (secondary N) is 1. The van der Waals surface area contributed by atoms with E-state index >= 15 is 0 Å². The molecule has 1 N–H and O–H groups in total. The van der Waals surface area contributed by atoms with Gasteiger partial charge in [-0.15, -0.1) is 0 Å². The predicted octanol–water partition coefficient (Wildman–Crippen LogP) is 2.83. The Morgan fingerprint density at radius 1 is 1.19 bits per heavy atom. The van der Waals surface area contributed by atoms with Crippen molar-refractivity contribution in [2.24, 2.45) is 0 Å². The van der Waals surface area contributed by atoms with Crippen LogP contribution in [-0.4, -0.2) is 48.4 Å². The van der Waals surface area contributed by atoms with Crippen molar-refractivity contribution in [1.29, 1.82) is 5.26 Å². The topological polar surface area (TPSA) is 72.5 Å². The minimum absolute atomic E-state index is 0.146.